The second-order valence-corrected chi connectivity index (χ2v) is 6.55. The molecule has 2 heterocycles. The zero-order chi connectivity index (χ0) is 14.5. The number of thiophene rings is 1. The molecule has 1 amide bonds. The summed E-state index contributed by atoms with van der Waals surface area (Å²) in [5, 5.41) is 12.2. The quantitative estimate of drug-likeness (QED) is 0.634. The van der Waals surface area contributed by atoms with Gasteiger partial charge in [-0.05, 0) is 11.4 Å². The van der Waals surface area contributed by atoms with E-state index in [2.05, 4.69) is 20.3 Å². The highest BCUT2D eigenvalue weighted by atomic mass is 32.2. The Labute approximate surface area is 126 Å². The number of carbonyl (C=O) groups is 2. The van der Waals surface area contributed by atoms with E-state index in [0.717, 1.165) is 0 Å². The lowest BCUT2D eigenvalue weighted by Crippen LogP contribution is -2.15. The number of anilines is 2. The van der Waals surface area contributed by atoms with E-state index in [-0.39, 0.29) is 11.7 Å². The Kier molecular flexibility index (Phi) is 4.93. The Balaban J connectivity index is 1.91. The van der Waals surface area contributed by atoms with E-state index in [1.165, 1.54) is 41.5 Å². The van der Waals surface area contributed by atoms with Crippen molar-refractivity contribution in [3.63, 3.8) is 0 Å². The molecule has 106 valence electrons. The van der Waals surface area contributed by atoms with E-state index in [1.807, 2.05) is 0 Å². The number of amides is 1. The molecule has 0 bridgehead atoms. The van der Waals surface area contributed by atoms with Crippen LogP contribution in [0.5, 0.6) is 0 Å². The fraction of sp³-hybridized carbons (Fsp3) is 0.200. The van der Waals surface area contributed by atoms with E-state index < -0.39 is 5.97 Å². The van der Waals surface area contributed by atoms with Crippen LogP contribution in [0.4, 0.5) is 10.8 Å². The normalized spacial score (nSPS) is 10.2. The van der Waals surface area contributed by atoms with E-state index in [4.69, 9.17) is 5.73 Å². The van der Waals surface area contributed by atoms with Gasteiger partial charge in [-0.15, -0.1) is 21.5 Å². The van der Waals surface area contributed by atoms with Crippen molar-refractivity contribution in [2.45, 2.75) is 4.34 Å². The number of nitrogens with two attached hydrogens (primary N) is 1. The number of carbonyl (C=O) groups excluding carboxylic acids is 2. The van der Waals surface area contributed by atoms with E-state index in [9.17, 15) is 9.59 Å². The molecule has 0 atom stereocenters. The van der Waals surface area contributed by atoms with Gasteiger partial charge >= 0.3 is 5.97 Å². The van der Waals surface area contributed by atoms with E-state index in [1.54, 1.807) is 11.4 Å². The maximum atomic E-state index is 11.8. The number of hydrogen-bond donors (Lipinski definition) is 2. The van der Waals surface area contributed by atoms with Gasteiger partial charge in [-0.1, -0.05) is 23.1 Å². The second kappa shape index (κ2) is 6.68. The molecule has 3 N–H and O–H groups in total. The van der Waals surface area contributed by atoms with Crippen LogP contribution in [-0.2, 0) is 9.53 Å². The molecule has 0 fully saturated rings. The molecule has 0 saturated heterocycles. The highest BCUT2D eigenvalue weighted by molar-refractivity contribution is 8.01. The molecule has 0 aliphatic rings. The molecule has 0 aliphatic carbocycles. The van der Waals surface area contributed by atoms with Gasteiger partial charge in [0.25, 0.3) is 0 Å². The Bertz CT molecular complexity index is 625. The lowest BCUT2D eigenvalue weighted by molar-refractivity contribution is -0.113. The number of methoxy groups -OCH3 is 1. The van der Waals surface area contributed by atoms with Gasteiger partial charge in [0, 0.05) is 0 Å². The molecule has 2 rings (SSSR count). The largest absolute Gasteiger partial charge is 0.465 e. The van der Waals surface area contributed by atoms with Crippen LogP contribution in [0.3, 0.4) is 0 Å². The van der Waals surface area contributed by atoms with Crippen molar-refractivity contribution in [2.24, 2.45) is 0 Å². The minimum Gasteiger partial charge on any atom is -0.465 e. The first-order valence-electron chi connectivity index (χ1n) is 5.27. The van der Waals surface area contributed by atoms with Gasteiger partial charge in [-0.25, -0.2) is 4.79 Å². The molecule has 0 aliphatic heterocycles. The maximum absolute atomic E-state index is 11.8. The van der Waals surface area contributed by atoms with Crippen LogP contribution in [0.1, 0.15) is 9.67 Å². The van der Waals surface area contributed by atoms with Crippen LogP contribution in [-0.4, -0.2) is 34.9 Å². The van der Waals surface area contributed by atoms with Gasteiger partial charge < -0.3 is 15.8 Å². The summed E-state index contributed by atoms with van der Waals surface area (Å²) >= 11 is 3.66. The highest BCUT2D eigenvalue weighted by Crippen LogP contribution is 2.25. The van der Waals surface area contributed by atoms with Gasteiger partial charge in [0.1, 0.15) is 4.88 Å². The first-order chi connectivity index (χ1) is 9.60. The number of nitrogen functional groups attached to an aromatic ring is 1. The minimum atomic E-state index is -0.472. The number of thioether (sulfide) groups is 1. The molecule has 2 aromatic rings. The predicted molar refractivity (Wildman–Crippen MR) is 79.3 cm³/mol. The van der Waals surface area contributed by atoms with Crippen LogP contribution in [0.15, 0.2) is 15.8 Å². The number of hydrogen-bond acceptors (Lipinski definition) is 9. The smallest absolute Gasteiger partial charge is 0.350 e. The molecular weight excluding hydrogens is 320 g/mol. The summed E-state index contributed by atoms with van der Waals surface area (Å²) in [5.74, 6) is -0.558. The molecule has 0 saturated carbocycles. The molecular formula is C10H10N4O3S3. The SMILES string of the molecule is COC(=O)c1sccc1NC(=O)CSc1nnc(N)s1. The van der Waals surface area contributed by atoms with Crippen LogP contribution >= 0.6 is 34.4 Å². The third-order valence-electron chi connectivity index (χ3n) is 2.06. The molecule has 0 unspecified atom stereocenters. The molecule has 0 aromatic carbocycles. The van der Waals surface area contributed by atoms with Crippen molar-refractivity contribution in [3.8, 4) is 0 Å². The number of nitrogens with zero attached hydrogens (tertiary/aromatic N) is 2. The standard InChI is InChI=1S/C10H10N4O3S3/c1-17-8(16)7-5(2-3-18-7)12-6(15)4-19-10-14-13-9(11)20-10/h2-3H,4H2,1H3,(H2,11,13)(H,12,15). The summed E-state index contributed by atoms with van der Waals surface area (Å²) in [5.41, 5.74) is 5.89. The summed E-state index contributed by atoms with van der Waals surface area (Å²) in [4.78, 5) is 23.6. The lowest BCUT2D eigenvalue weighted by atomic mass is 10.4. The third kappa shape index (κ3) is 3.68. The fourth-order valence-corrected chi connectivity index (χ4v) is 3.45. The minimum absolute atomic E-state index is 0.158. The highest BCUT2D eigenvalue weighted by Gasteiger charge is 2.16. The third-order valence-corrected chi connectivity index (χ3v) is 4.84. The molecule has 20 heavy (non-hydrogen) atoms. The predicted octanol–water partition coefficient (Wildman–Crippen LogP) is 1.70. The summed E-state index contributed by atoms with van der Waals surface area (Å²) in [6.07, 6.45) is 0. The van der Waals surface area contributed by atoms with Crippen LogP contribution in [0.2, 0.25) is 0 Å². The number of aromatic nitrogens is 2. The van der Waals surface area contributed by atoms with Crippen LogP contribution in [0.25, 0.3) is 0 Å². The van der Waals surface area contributed by atoms with Crippen LogP contribution < -0.4 is 11.1 Å². The van der Waals surface area contributed by atoms with Crippen molar-refractivity contribution in [1.29, 1.82) is 0 Å². The molecule has 10 heteroatoms. The number of rotatable bonds is 5. The maximum Gasteiger partial charge on any atom is 0.350 e. The molecule has 7 nitrogen and oxygen atoms in total. The first-order valence-corrected chi connectivity index (χ1v) is 7.95. The number of nitrogens with one attached hydrogen (secondary N) is 1. The fourth-order valence-electron chi connectivity index (χ4n) is 1.25. The van der Waals surface area contributed by atoms with Crippen molar-refractivity contribution < 1.29 is 14.3 Å². The molecule has 2 aromatic heterocycles. The Hall–Kier alpha value is -1.65. The summed E-state index contributed by atoms with van der Waals surface area (Å²) in [7, 11) is 1.30. The topological polar surface area (TPSA) is 107 Å². The number of ether oxygens (including phenoxy) is 1. The molecule has 0 spiro atoms. The first kappa shape index (κ1) is 14.8. The van der Waals surface area contributed by atoms with E-state index >= 15 is 0 Å². The van der Waals surface area contributed by atoms with Crippen molar-refractivity contribution in [3.05, 3.63) is 16.3 Å². The summed E-state index contributed by atoms with van der Waals surface area (Å²) in [6.45, 7) is 0. The average Bonchev–Trinajstić information content (AvgIpc) is 3.04. The zero-order valence-electron chi connectivity index (χ0n) is 10.3. The number of esters is 1. The molecule has 0 radical (unpaired) electrons. The second-order valence-electron chi connectivity index (χ2n) is 3.40. The van der Waals surface area contributed by atoms with Crippen LogP contribution in [0, 0.1) is 0 Å². The van der Waals surface area contributed by atoms with Crippen molar-refractivity contribution in [1.82, 2.24) is 10.2 Å². The lowest BCUT2D eigenvalue weighted by Gasteiger charge is -2.04. The Morgan fingerprint density at radius 2 is 2.30 bits per heavy atom. The van der Waals surface area contributed by atoms with Gasteiger partial charge in [-0.2, -0.15) is 0 Å². The Morgan fingerprint density at radius 1 is 1.50 bits per heavy atom. The van der Waals surface area contributed by atoms with Gasteiger partial charge in [-0.3, -0.25) is 4.79 Å². The van der Waals surface area contributed by atoms with Gasteiger partial charge in [0.15, 0.2) is 4.34 Å². The van der Waals surface area contributed by atoms with Gasteiger partial charge in [0.2, 0.25) is 11.0 Å². The van der Waals surface area contributed by atoms with Gasteiger partial charge in [0.05, 0.1) is 18.6 Å². The zero-order valence-corrected chi connectivity index (χ0v) is 12.7. The Morgan fingerprint density at radius 3 is 2.95 bits per heavy atom. The monoisotopic (exact) mass is 330 g/mol. The van der Waals surface area contributed by atoms with Crippen molar-refractivity contribution in [2.75, 3.05) is 23.9 Å². The van der Waals surface area contributed by atoms with E-state index in [0.29, 0.717) is 20.0 Å². The summed E-state index contributed by atoms with van der Waals surface area (Å²) in [6, 6.07) is 1.66. The van der Waals surface area contributed by atoms with Crippen molar-refractivity contribution >= 4 is 57.1 Å². The average molecular weight is 330 g/mol. The summed E-state index contributed by atoms with van der Waals surface area (Å²) < 4.78 is 5.25.